The minimum absolute atomic E-state index is 0.586. The Hall–Kier alpha value is -6.69. The second kappa shape index (κ2) is 11.4. The van der Waals surface area contributed by atoms with E-state index < -0.39 is 0 Å². The molecular formula is C47H28N2O2S. The SMILES string of the molecule is c1ccc(-c2ccc3ccc(N(c4ccc5c(c4)oc4cccc(-c6nc7ccccc7o6)c45)c4cccc5c4sc4ccccc45)cc3c2)cc1. The lowest BCUT2D eigenvalue weighted by molar-refractivity contribution is 0.620. The average molecular weight is 685 g/mol. The summed E-state index contributed by atoms with van der Waals surface area (Å²) >= 11 is 1.84. The van der Waals surface area contributed by atoms with E-state index in [4.69, 9.17) is 13.8 Å². The van der Waals surface area contributed by atoms with Crippen molar-refractivity contribution in [3.8, 4) is 22.6 Å². The molecule has 0 bridgehead atoms. The van der Waals surface area contributed by atoms with Gasteiger partial charge in [0.1, 0.15) is 16.7 Å². The van der Waals surface area contributed by atoms with E-state index in [9.17, 15) is 0 Å². The summed E-state index contributed by atoms with van der Waals surface area (Å²) in [5.41, 5.74) is 9.72. The van der Waals surface area contributed by atoms with Crippen molar-refractivity contribution in [2.75, 3.05) is 4.90 Å². The van der Waals surface area contributed by atoms with Crippen LogP contribution in [0.15, 0.2) is 179 Å². The van der Waals surface area contributed by atoms with E-state index >= 15 is 0 Å². The lowest BCUT2D eigenvalue weighted by Gasteiger charge is -2.26. The highest BCUT2D eigenvalue weighted by Crippen LogP contribution is 2.47. The molecule has 11 aromatic rings. The van der Waals surface area contributed by atoms with E-state index in [1.54, 1.807) is 0 Å². The molecule has 52 heavy (non-hydrogen) atoms. The van der Waals surface area contributed by atoms with Crippen molar-refractivity contribution in [1.29, 1.82) is 0 Å². The molecule has 0 spiro atoms. The highest BCUT2D eigenvalue weighted by molar-refractivity contribution is 7.26. The van der Waals surface area contributed by atoms with Crippen molar-refractivity contribution < 1.29 is 8.83 Å². The van der Waals surface area contributed by atoms with Crippen LogP contribution in [0.1, 0.15) is 0 Å². The Morgan fingerprint density at radius 1 is 0.481 bits per heavy atom. The maximum atomic E-state index is 6.63. The number of furan rings is 1. The first kappa shape index (κ1) is 29.1. The zero-order valence-electron chi connectivity index (χ0n) is 27.8. The van der Waals surface area contributed by atoms with Crippen molar-refractivity contribution in [2.45, 2.75) is 0 Å². The summed E-state index contributed by atoms with van der Waals surface area (Å²) in [5, 5.41) is 6.91. The fourth-order valence-corrected chi connectivity index (χ4v) is 8.84. The van der Waals surface area contributed by atoms with Gasteiger partial charge in [0.05, 0.1) is 10.4 Å². The fourth-order valence-electron chi connectivity index (χ4n) is 7.64. The van der Waals surface area contributed by atoms with Crippen LogP contribution in [0.25, 0.3) is 86.6 Å². The first-order chi connectivity index (χ1) is 25.7. The summed E-state index contributed by atoms with van der Waals surface area (Å²) in [7, 11) is 0. The molecule has 0 unspecified atom stereocenters. The van der Waals surface area contributed by atoms with E-state index in [1.807, 2.05) is 47.7 Å². The lowest BCUT2D eigenvalue weighted by Crippen LogP contribution is -2.10. The number of hydrogen-bond acceptors (Lipinski definition) is 5. The van der Waals surface area contributed by atoms with Gasteiger partial charge < -0.3 is 13.7 Å². The predicted molar refractivity (Wildman–Crippen MR) is 217 cm³/mol. The van der Waals surface area contributed by atoms with Crippen molar-refractivity contribution >= 4 is 92.4 Å². The van der Waals surface area contributed by atoms with Gasteiger partial charge in [-0.1, -0.05) is 97.1 Å². The molecule has 3 heterocycles. The molecule has 0 aliphatic heterocycles. The monoisotopic (exact) mass is 684 g/mol. The molecule has 244 valence electrons. The first-order valence-corrected chi connectivity index (χ1v) is 18.2. The van der Waals surface area contributed by atoms with Crippen LogP contribution in [0.2, 0.25) is 0 Å². The van der Waals surface area contributed by atoms with Crippen LogP contribution in [0.5, 0.6) is 0 Å². The third-order valence-electron chi connectivity index (χ3n) is 10.1. The molecule has 8 aromatic carbocycles. The van der Waals surface area contributed by atoms with Crippen LogP contribution >= 0.6 is 11.3 Å². The summed E-state index contributed by atoms with van der Waals surface area (Å²) < 4.78 is 15.4. The Morgan fingerprint density at radius 2 is 1.25 bits per heavy atom. The average Bonchev–Trinajstić information content (AvgIpc) is 3.92. The van der Waals surface area contributed by atoms with Crippen LogP contribution in [0.3, 0.4) is 0 Å². The number of nitrogens with zero attached hydrogens (tertiary/aromatic N) is 2. The van der Waals surface area contributed by atoms with Gasteiger partial charge in [-0.25, -0.2) is 4.98 Å². The Labute approximate surface area is 302 Å². The molecule has 0 fully saturated rings. The van der Waals surface area contributed by atoms with Gasteiger partial charge in [0, 0.05) is 49.2 Å². The molecule has 0 atom stereocenters. The van der Waals surface area contributed by atoms with Crippen LogP contribution < -0.4 is 4.90 Å². The summed E-state index contributed by atoms with van der Waals surface area (Å²) in [4.78, 5) is 7.20. The van der Waals surface area contributed by atoms with Gasteiger partial charge in [-0.05, 0) is 88.6 Å². The molecule has 0 saturated carbocycles. The number of oxazole rings is 1. The van der Waals surface area contributed by atoms with Crippen molar-refractivity contribution in [3.05, 3.63) is 170 Å². The third kappa shape index (κ3) is 4.57. The van der Waals surface area contributed by atoms with Gasteiger partial charge in [-0.3, -0.25) is 0 Å². The molecule has 0 amide bonds. The summed E-state index contributed by atoms with van der Waals surface area (Å²) in [6.07, 6.45) is 0. The zero-order valence-corrected chi connectivity index (χ0v) is 28.6. The normalized spacial score (nSPS) is 11.8. The number of fused-ring (bicyclic) bond motifs is 8. The largest absolute Gasteiger partial charge is 0.456 e. The topological polar surface area (TPSA) is 42.4 Å². The van der Waals surface area contributed by atoms with E-state index in [0.717, 1.165) is 55.7 Å². The smallest absolute Gasteiger partial charge is 0.228 e. The quantitative estimate of drug-likeness (QED) is 0.181. The number of anilines is 3. The summed E-state index contributed by atoms with van der Waals surface area (Å²) in [6, 6.07) is 59.9. The summed E-state index contributed by atoms with van der Waals surface area (Å²) in [6.45, 7) is 0. The molecule has 0 radical (unpaired) electrons. The van der Waals surface area contributed by atoms with Gasteiger partial charge in [0.15, 0.2) is 5.58 Å². The zero-order chi connectivity index (χ0) is 34.2. The van der Waals surface area contributed by atoms with E-state index in [-0.39, 0.29) is 0 Å². The Bertz CT molecular complexity index is 3120. The molecule has 0 saturated heterocycles. The third-order valence-corrected chi connectivity index (χ3v) is 11.3. The van der Waals surface area contributed by atoms with Crippen molar-refractivity contribution in [1.82, 2.24) is 4.98 Å². The van der Waals surface area contributed by atoms with Crippen LogP contribution in [-0.4, -0.2) is 4.98 Å². The standard InChI is InChI=1S/C47H28N2O2S/c1-2-10-29(11-3-1)31-21-20-30-22-23-33(27-32(30)26-31)49(40-16-8-13-36-35-12-4-7-19-44(35)52-46(36)40)34-24-25-37-43(28-34)50-42-18-9-14-38(45(37)42)47-48-39-15-5-6-17-41(39)51-47/h1-28H. The molecule has 0 aliphatic rings. The van der Waals surface area contributed by atoms with Crippen LogP contribution in [0, 0.1) is 0 Å². The Balaban J connectivity index is 1.13. The maximum Gasteiger partial charge on any atom is 0.228 e. The minimum Gasteiger partial charge on any atom is -0.456 e. The molecule has 5 heteroatoms. The van der Waals surface area contributed by atoms with Gasteiger partial charge in [-0.15, -0.1) is 11.3 Å². The fraction of sp³-hybridized carbons (Fsp3) is 0. The minimum atomic E-state index is 0.586. The lowest BCUT2D eigenvalue weighted by atomic mass is 10.0. The summed E-state index contributed by atoms with van der Waals surface area (Å²) in [5.74, 6) is 0.586. The second-order valence-electron chi connectivity index (χ2n) is 13.1. The number of thiophene rings is 1. The molecule has 0 N–H and O–H groups in total. The van der Waals surface area contributed by atoms with Gasteiger partial charge in [-0.2, -0.15) is 0 Å². The van der Waals surface area contributed by atoms with Crippen molar-refractivity contribution in [2.24, 2.45) is 0 Å². The maximum absolute atomic E-state index is 6.63. The number of rotatable bonds is 5. The van der Waals surface area contributed by atoms with Crippen molar-refractivity contribution in [3.63, 3.8) is 0 Å². The molecule has 3 aromatic heterocycles. The van der Waals surface area contributed by atoms with Gasteiger partial charge in [0.2, 0.25) is 5.89 Å². The van der Waals surface area contributed by atoms with E-state index in [1.165, 1.54) is 42.1 Å². The number of hydrogen-bond donors (Lipinski definition) is 0. The highest BCUT2D eigenvalue weighted by atomic mass is 32.1. The van der Waals surface area contributed by atoms with Gasteiger partial charge in [0.25, 0.3) is 0 Å². The van der Waals surface area contributed by atoms with E-state index in [0.29, 0.717) is 5.89 Å². The van der Waals surface area contributed by atoms with E-state index in [2.05, 4.69) is 138 Å². The molecular weight excluding hydrogens is 657 g/mol. The van der Waals surface area contributed by atoms with Gasteiger partial charge >= 0.3 is 0 Å². The Morgan fingerprint density at radius 3 is 2.19 bits per heavy atom. The van der Waals surface area contributed by atoms with Crippen LogP contribution in [-0.2, 0) is 0 Å². The molecule has 4 nitrogen and oxygen atoms in total. The van der Waals surface area contributed by atoms with Crippen LogP contribution in [0.4, 0.5) is 17.1 Å². The second-order valence-corrected chi connectivity index (χ2v) is 14.2. The Kier molecular flexibility index (Phi) is 6.39. The first-order valence-electron chi connectivity index (χ1n) is 17.4. The highest BCUT2D eigenvalue weighted by Gasteiger charge is 2.22. The molecule has 11 rings (SSSR count). The number of aromatic nitrogens is 1. The predicted octanol–water partition coefficient (Wildman–Crippen LogP) is 14.1. The molecule has 0 aliphatic carbocycles. The number of para-hydroxylation sites is 2. The number of benzene rings is 8.